The van der Waals surface area contributed by atoms with Gasteiger partial charge in [-0.1, -0.05) is 271 Å². The van der Waals surface area contributed by atoms with Crippen molar-refractivity contribution >= 4 is 11.9 Å². The highest BCUT2D eigenvalue weighted by Gasteiger charge is 2.47. The summed E-state index contributed by atoms with van der Waals surface area (Å²) < 4.78 is 17.6. The van der Waals surface area contributed by atoms with E-state index < -0.39 is 67.4 Å². The van der Waals surface area contributed by atoms with Gasteiger partial charge in [0.2, 0.25) is 5.91 Å². The van der Waals surface area contributed by atoms with Crippen molar-refractivity contribution in [2.45, 2.75) is 294 Å². The molecule has 1 heterocycles. The van der Waals surface area contributed by atoms with Gasteiger partial charge < -0.3 is 45.1 Å². The maximum Gasteiger partial charge on any atom is 0.306 e. The standard InChI is InChI=1S/C70H117NO10/c1-4-7-10-13-16-19-22-25-26-27-28-29-30-31-32-33-34-35-36-37-38-40-43-46-49-52-55-58-65(75)81-68-67(77)66(76)64(59-72)80-70(68)79-60-61(62(73)56-53-50-47-44-42-39-23-20-17-14-11-8-5-2)71-69(78)63(74)57-54-51-48-45-41-24-21-18-15-12-9-6-3/h7,9-10,12,15-16,18-19,21,24-26,28-29,31-32,41,45,53,56,61-64,66-68,70,72-74,76-77H,4-6,8,11,13-14,17,20,22-23,27,30,33-40,42-44,46-52,54-55,57-60H2,1-3H3,(H,71,78)/b10-7-,12-9+,18-15+,19-16-,24-21-,26-25-,29-28-,32-31-,45-41-,56-53+. The Morgan fingerprint density at radius 3 is 1.48 bits per heavy atom. The minimum atomic E-state index is -1.63. The van der Waals surface area contributed by atoms with Gasteiger partial charge in [-0.2, -0.15) is 0 Å². The van der Waals surface area contributed by atoms with E-state index in [1.54, 1.807) is 6.08 Å². The van der Waals surface area contributed by atoms with Gasteiger partial charge in [-0.25, -0.2) is 0 Å². The zero-order chi connectivity index (χ0) is 58.9. The first-order chi connectivity index (χ1) is 39.7. The molecule has 0 aromatic carbocycles. The number of allylic oxidation sites excluding steroid dienone is 19. The van der Waals surface area contributed by atoms with E-state index in [1.807, 2.05) is 48.6 Å². The van der Waals surface area contributed by atoms with Crippen LogP contribution in [0.1, 0.15) is 245 Å². The first-order valence-electron chi connectivity index (χ1n) is 32.4. The molecular formula is C70H117NO10. The van der Waals surface area contributed by atoms with Gasteiger partial charge in [0.15, 0.2) is 12.4 Å². The average molecular weight is 1130 g/mol. The highest BCUT2D eigenvalue weighted by atomic mass is 16.7. The maximum atomic E-state index is 13.4. The number of ether oxygens (including phenoxy) is 3. The van der Waals surface area contributed by atoms with Crippen LogP contribution >= 0.6 is 0 Å². The topological polar surface area (TPSA) is 175 Å². The molecule has 0 saturated carbocycles. The predicted octanol–water partition coefficient (Wildman–Crippen LogP) is 15.8. The molecule has 6 N–H and O–H groups in total. The number of aliphatic hydroxyl groups excluding tert-OH is 5. The Morgan fingerprint density at radius 1 is 0.506 bits per heavy atom. The van der Waals surface area contributed by atoms with E-state index in [9.17, 15) is 35.1 Å². The monoisotopic (exact) mass is 1130 g/mol. The SMILES string of the molecule is CC/C=C\C/C=C\C/C=C\C/C=C\C/C=C\CCCCCCCCCCCCCC(=O)OC1C(OCC(NC(=O)C(O)CCCC\C=C/C=C\C=C\C=C\CC)C(O)/C=C/CCCCCCCCCCCCC)OC(CO)C(O)C1O. The van der Waals surface area contributed by atoms with Crippen molar-refractivity contribution in [3.8, 4) is 0 Å². The Bertz CT molecular complexity index is 1780. The van der Waals surface area contributed by atoms with Gasteiger partial charge in [0.05, 0.1) is 25.4 Å². The highest BCUT2D eigenvalue weighted by molar-refractivity contribution is 5.80. The molecule has 1 rings (SSSR count). The van der Waals surface area contributed by atoms with Gasteiger partial charge in [0, 0.05) is 6.42 Å². The minimum Gasteiger partial charge on any atom is -0.454 e. The van der Waals surface area contributed by atoms with Crippen molar-refractivity contribution in [2.75, 3.05) is 13.2 Å². The summed E-state index contributed by atoms with van der Waals surface area (Å²) in [4.78, 5) is 26.5. The van der Waals surface area contributed by atoms with Crippen LogP contribution in [0.4, 0.5) is 0 Å². The van der Waals surface area contributed by atoms with Crippen molar-refractivity contribution in [3.05, 3.63) is 122 Å². The lowest BCUT2D eigenvalue weighted by Crippen LogP contribution is -2.61. The van der Waals surface area contributed by atoms with Crippen LogP contribution in [0.2, 0.25) is 0 Å². The zero-order valence-corrected chi connectivity index (χ0v) is 51.1. The van der Waals surface area contributed by atoms with E-state index in [2.05, 4.69) is 92.9 Å². The molecular weight excluding hydrogens is 1010 g/mol. The van der Waals surface area contributed by atoms with Crippen molar-refractivity contribution in [2.24, 2.45) is 0 Å². The van der Waals surface area contributed by atoms with Crippen LogP contribution in [0.3, 0.4) is 0 Å². The lowest BCUT2D eigenvalue weighted by Gasteiger charge is -2.41. The highest BCUT2D eigenvalue weighted by Crippen LogP contribution is 2.26. The number of aliphatic hydroxyl groups is 5. The van der Waals surface area contributed by atoms with E-state index in [0.717, 1.165) is 109 Å². The fourth-order valence-corrected chi connectivity index (χ4v) is 9.39. The smallest absolute Gasteiger partial charge is 0.306 e. The third-order valence-electron chi connectivity index (χ3n) is 14.5. The number of carbonyl (C=O) groups excluding carboxylic acids is 2. The number of unbranched alkanes of at least 4 members (excludes halogenated alkanes) is 24. The predicted molar refractivity (Wildman–Crippen MR) is 338 cm³/mol. The van der Waals surface area contributed by atoms with Crippen LogP contribution in [0.5, 0.6) is 0 Å². The summed E-state index contributed by atoms with van der Waals surface area (Å²) >= 11 is 0. The Labute approximate surface area is 493 Å². The zero-order valence-electron chi connectivity index (χ0n) is 51.1. The van der Waals surface area contributed by atoms with Crippen LogP contribution in [-0.4, -0.2) is 99.6 Å². The number of hydrogen-bond donors (Lipinski definition) is 6. The van der Waals surface area contributed by atoms with Crippen molar-refractivity contribution < 1.29 is 49.3 Å². The fourth-order valence-electron chi connectivity index (χ4n) is 9.39. The number of carbonyl (C=O) groups is 2. The van der Waals surface area contributed by atoms with Gasteiger partial charge in [-0.05, 0) is 89.9 Å². The van der Waals surface area contributed by atoms with Gasteiger partial charge in [-0.3, -0.25) is 9.59 Å². The third-order valence-corrected chi connectivity index (χ3v) is 14.5. The lowest BCUT2D eigenvalue weighted by atomic mass is 9.99. The Balaban J connectivity index is 2.60. The van der Waals surface area contributed by atoms with Crippen LogP contribution in [0.15, 0.2) is 122 Å². The molecule has 462 valence electrons. The summed E-state index contributed by atoms with van der Waals surface area (Å²) in [6.45, 7) is 5.50. The molecule has 0 radical (unpaired) electrons. The molecule has 1 fully saturated rings. The molecule has 1 saturated heterocycles. The maximum absolute atomic E-state index is 13.4. The van der Waals surface area contributed by atoms with E-state index in [-0.39, 0.29) is 19.4 Å². The summed E-state index contributed by atoms with van der Waals surface area (Å²) in [6, 6.07) is -1.05. The molecule has 0 spiro atoms. The number of hydrogen-bond acceptors (Lipinski definition) is 10. The first-order valence-corrected chi connectivity index (χ1v) is 32.4. The van der Waals surface area contributed by atoms with Gasteiger partial charge in [-0.15, -0.1) is 0 Å². The fraction of sp³-hybridized carbons (Fsp3) is 0.686. The molecule has 1 aliphatic heterocycles. The molecule has 8 unspecified atom stereocenters. The summed E-state index contributed by atoms with van der Waals surface area (Å²) in [7, 11) is 0. The largest absolute Gasteiger partial charge is 0.454 e. The molecule has 81 heavy (non-hydrogen) atoms. The molecule has 0 aromatic heterocycles. The molecule has 0 bridgehead atoms. The second-order valence-corrected chi connectivity index (χ2v) is 21.8. The summed E-state index contributed by atoms with van der Waals surface area (Å²) in [5.74, 6) is -1.25. The van der Waals surface area contributed by atoms with Gasteiger partial charge in [0.1, 0.15) is 24.4 Å². The van der Waals surface area contributed by atoms with Crippen LogP contribution < -0.4 is 5.32 Å². The normalized spacial score (nSPS) is 19.5. The van der Waals surface area contributed by atoms with Gasteiger partial charge >= 0.3 is 5.97 Å². The van der Waals surface area contributed by atoms with Crippen molar-refractivity contribution in [1.82, 2.24) is 5.32 Å². The lowest BCUT2D eigenvalue weighted by molar-refractivity contribution is -0.305. The quantitative estimate of drug-likeness (QED) is 0.0149. The van der Waals surface area contributed by atoms with E-state index in [1.165, 1.54) is 89.9 Å². The number of amides is 1. The van der Waals surface area contributed by atoms with Crippen LogP contribution in [-0.2, 0) is 23.8 Å². The Hall–Kier alpha value is -3.94. The van der Waals surface area contributed by atoms with E-state index >= 15 is 0 Å². The molecule has 11 nitrogen and oxygen atoms in total. The number of nitrogens with one attached hydrogen (secondary N) is 1. The number of esters is 1. The molecule has 0 aromatic rings. The van der Waals surface area contributed by atoms with Crippen LogP contribution in [0.25, 0.3) is 0 Å². The van der Waals surface area contributed by atoms with Crippen molar-refractivity contribution in [1.29, 1.82) is 0 Å². The Morgan fingerprint density at radius 2 is 0.951 bits per heavy atom. The summed E-state index contributed by atoms with van der Waals surface area (Å²) in [5.41, 5.74) is 0. The molecule has 1 aliphatic rings. The second kappa shape index (κ2) is 56.5. The minimum absolute atomic E-state index is 0.108. The molecule has 1 amide bonds. The summed E-state index contributed by atoms with van der Waals surface area (Å²) in [5, 5.41) is 56.9. The third kappa shape index (κ3) is 44.3. The van der Waals surface area contributed by atoms with Crippen LogP contribution in [0, 0.1) is 0 Å². The van der Waals surface area contributed by atoms with E-state index in [4.69, 9.17) is 14.2 Å². The number of rotatable bonds is 53. The second-order valence-electron chi connectivity index (χ2n) is 21.8. The molecule has 11 heteroatoms. The van der Waals surface area contributed by atoms with Gasteiger partial charge in [0.25, 0.3) is 0 Å². The van der Waals surface area contributed by atoms with Crippen molar-refractivity contribution in [3.63, 3.8) is 0 Å². The molecule has 8 atom stereocenters. The van der Waals surface area contributed by atoms with E-state index in [0.29, 0.717) is 12.8 Å². The summed E-state index contributed by atoms with van der Waals surface area (Å²) in [6.07, 6.45) is 68.2. The first kappa shape index (κ1) is 75.1. The average Bonchev–Trinajstić information content (AvgIpc) is 3.50. The molecule has 0 aliphatic carbocycles. The Kier molecular flexibility index (Phi) is 52.4.